The molecule has 0 radical (unpaired) electrons. The number of aromatic nitrogens is 1. The minimum absolute atomic E-state index is 0.525. The molecule has 0 bridgehead atoms. The van der Waals surface area contributed by atoms with Gasteiger partial charge in [0.1, 0.15) is 7.05 Å². The Hall–Kier alpha value is -2.32. The van der Waals surface area contributed by atoms with Crippen LogP contribution in [-0.2, 0) is 13.5 Å². The van der Waals surface area contributed by atoms with E-state index in [9.17, 15) is 0 Å². The lowest BCUT2D eigenvalue weighted by molar-refractivity contribution is -0.659. The number of benzene rings is 3. The first-order valence-corrected chi connectivity index (χ1v) is 12.3. The topological polar surface area (TPSA) is 3.88 Å². The molecule has 0 saturated carbocycles. The third-order valence-electron chi connectivity index (χ3n) is 6.73. The molecule has 0 atom stereocenters. The van der Waals surface area contributed by atoms with Crippen molar-refractivity contribution >= 4 is 33.3 Å². The molecular weight excluding hydrogens is 394 g/mol. The van der Waals surface area contributed by atoms with Gasteiger partial charge in [0.05, 0.1) is 10.9 Å². The van der Waals surface area contributed by atoms with Gasteiger partial charge in [0.2, 0.25) is 5.69 Å². The van der Waals surface area contributed by atoms with Crippen molar-refractivity contribution in [2.75, 3.05) is 0 Å². The second-order valence-electron chi connectivity index (χ2n) is 9.97. The van der Waals surface area contributed by atoms with Crippen LogP contribution in [0, 0.1) is 19.8 Å². The van der Waals surface area contributed by atoms with Crippen LogP contribution in [0.25, 0.3) is 32.8 Å². The summed E-state index contributed by atoms with van der Waals surface area (Å²) in [4.78, 5) is 2.88. The highest BCUT2D eigenvalue weighted by Gasteiger charge is 2.32. The Labute approximate surface area is 190 Å². The van der Waals surface area contributed by atoms with E-state index in [1.807, 2.05) is 11.8 Å². The summed E-state index contributed by atoms with van der Waals surface area (Å²) in [6.45, 7) is 13.8. The molecule has 0 amide bonds. The van der Waals surface area contributed by atoms with E-state index in [-0.39, 0.29) is 0 Å². The van der Waals surface area contributed by atoms with E-state index >= 15 is 0 Å². The summed E-state index contributed by atoms with van der Waals surface area (Å²) < 4.78 is 2.34. The van der Waals surface area contributed by atoms with Crippen LogP contribution < -0.4 is 4.57 Å². The fraction of sp³-hybridized carbons (Fsp3) is 0.345. The maximum atomic E-state index is 2.44. The average molecular weight is 427 g/mol. The Kier molecular flexibility index (Phi) is 4.90. The highest BCUT2D eigenvalue weighted by atomic mass is 32.2. The van der Waals surface area contributed by atoms with Crippen molar-refractivity contribution in [3.8, 4) is 11.3 Å². The number of hydrogen-bond donors (Lipinski definition) is 0. The maximum absolute atomic E-state index is 2.44. The van der Waals surface area contributed by atoms with E-state index < -0.39 is 0 Å². The van der Waals surface area contributed by atoms with E-state index in [1.165, 1.54) is 64.8 Å². The number of rotatable bonds is 3. The molecule has 0 spiro atoms. The van der Waals surface area contributed by atoms with E-state index in [0.717, 1.165) is 6.42 Å². The summed E-state index contributed by atoms with van der Waals surface area (Å²) in [6, 6.07) is 14.1. The highest BCUT2D eigenvalue weighted by molar-refractivity contribution is 7.99. The molecule has 31 heavy (non-hydrogen) atoms. The SMILES string of the molecule is Cc1ccc2c(CC(C)C)c3c(c(C)c2c1)-c1c2c(cc(C(C)C)cc2cc[n+]1C)S3. The summed E-state index contributed by atoms with van der Waals surface area (Å²) in [5.41, 5.74) is 8.51. The van der Waals surface area contributed by atoms with Gasteiger partial charge in [0.25, 0.3) is 0 Å². The Morgan fingerprint density at radius 2 is 1.71 bits per heavy atom. The van der Waals surface area contributed by atoms with E-state index in [4.69, 9.17) is 0 Å². The zero-order chi connectivity index (χ0) is 22.0. The van der Waals surface area contributed by atoms with Gasteiger partial charge in [-0.2, -0.15) is 0 Å². The lowest BCUT2D eigenvalue weighted by Crippen LogP contribution is -2.32. The van der Waals surface area contributed by atoms with E-state index in [1.54, 1.807) is 0 Å². The lowest BCUT2D eigenvalue weighted by Gasteiger charge is -2.26. The van der Waals surface area contributed by atoms with Gasteiger partial charge >= 0.3 is 0 Å². The normalized spacial score (nSPS) is 12.9. The fourth-order valence-electron chi connectivity index (χ4n) is 5.13. The summed E-state index contributed by atoms with van der Waals surface area (Å²) >= 11 is 2.00. The quantitative estimate of drug-likeness (QED) is 0.265. The fourth-order valence-corrected chi connectivity index (χ4v) is 6.53. The monoisotopic (exact) mass is 426 g/mol. The molecule has 1 aromatic heterocycles. The molecular formula is C29H32NS+. The summed E-state index contributed by atoms with van der Waals surface area (Å²) in [5.74, 6) is 1.14. The van der Waals surface area contributed by atoms with Crippen LogP contribution in [0.5, 0.6) is 0 Å². The van der Waals surface area contributed by atoms with Crippen molar-refractivity contribution in [1.82, 2.24) is 0 Å². The van der Waals surface area contributed by atoms with Crippen LogP contribution in [0.1, 0.15) is 55.9 Å². The van der Waals surface area contributed by atoms with Gasteiger partial charge < -0.3 is 0 Å². The number of fused-ring (bicyclic) bond motifs is 3. The molecule has 1 aliphatic heterocycles. The van der Waals surface area contributed by atoms with Crippen molar-refractivity contribution in [2.45, 2.75) is 63.7 Å². The molecule has 158 valence electrons. The minimum atomic E-state index is 0.525. The number of hydrogen-bond acceptors (Lipinski definition) is 1. The Bertz CT molecular complexity index is 1360. The Balaban J connectivity index is 1.96. The van der Waals surface area contributed by atoms with E-state index in [0.29, 0.717) is 11.8 Å². The van der Waals surface area contributed by atoms with Gasteiger partial charge in [0.15, 0.2) is 6.20 Å². The van der Waals surface area contributed by atoms with Crippen LogP contribution in [0.2, 0.25) is 0 Å². The van der Waals surface area contributed by atoms with Crippen LogP contribution >= 0.6 is 11.8 Å². The first-order valence-electron chi connectivity index (χ1n) is 11.5. The van der Waals surface area contributed by atoms with Crippen LogP contribution in [-0.4, -0.2) is 0 Å². The molecule has 0 saturated heterocycles. The summed E-state index contributed by atoms with van der Waals surface area (Å²) in [5, 5.41) is 5.62. The summed E-state index contributed by atoms with van der Waals surface area (Å²) in [7, 11) is 2.21. The molecule has 1 aliphatic rings. The predicted molar refractivity (Wildman–Crippen MR) is 134 cm³/mol. The molecule has 4 aromatic rings. The molecule has 0 N–H and O–H groups in total. The van der Waals surface area contributed by atoms with Crippen molar-refractivity contribution in [3.05, 3.63) is 64.8 Å². The average Bonchev–Trinajstić information content (AvgIpc) is 2.72. The molecule has 0 unspecified atom stereocenters. The largest absolute Gasteiger partial charge is 0.222 e. The third kappa shape index (κ3) is 3.19. The van der Waals surface area contributed by atoms with Gasteiger partial charge in [-0.1, -0.05) is 69.3 Å². The molecule has 0 fully saturated rings. The summed E-state index contributed by atoms with van der Waals surface area (Å²) in [6.07, 6.45) is 3.35. The van der Waals surface area contributed by atoms with Gasteiger partial charge in [-0.15, -0.1) is 0 Å². The molecule has 2 heteroatoms. The Morgan fingerprint density at radius 1 is 0.935 bits per heavy atom. The van der Waals surface area contributed by atoms with Gasteiger partial charge in [-0.3, -0.25) is 0 Å². The van der Waals surface area contributed by atoms with Crippen LogP contribution in [0.3, 0.4) is 0 Å². The van der Waals surface area contributed by atoms with Gasteiger partial charge in [-0.25, -0.2) is 4.57 Å². The van der Waals surface area contributed by atoms with Crippen molar-refractivity contribution in [1.29, 1.82) is 0 Å². The zero-order valence-corrected chi connectivity index (χ0v) is 20.6. The van der Waals surface area contributed by atoms with Crippen molar-refractivity contribution in [3.63, 3.8) is 0 Å². The first-order chi connectivity index (χ1) is 14.8. The number of aryl methyl sites for hydroxylation is 3. The number of pyridine rings is 1. The smallest absolute Gasteiger partial charge is 0.200 e. The number of nitrogens with zero attached hydrogens (tertiary/aromatic N) is 1. The van der Waals surface area contributed by atoms with Crippen molar-refractivity contribution in [2.24, 2.45) is 13.0 Å². The standard InChI is InChI=1S/C29H32NS/c1-16(2)12-24-22-9-8-18(5)13-23(22)19(6)26-28-27-20(10-11-30(28)7)14-21(17(3)4)15-25(27)31-29(24)26/h8-11,13-17H,12H2,1-7H3/q+1. The molecule has 2 heterocycles. The molecule has 3 aromatic carbocycles. The zero-order valence-electron chi connectivity index (χ0n) is 19.8. The predicted octanol–water partition coefficient (Wildman–Crippen LogP) is 7.89. The second kappa shape index (κ2) is 7.38. The molecule has 1 nitrogen and oxygen atoms in total. The Morgan fingerprint density at radius 3 is 2.42 bits per heavy atom. The van der Waals surface area contributed by atoms with Crippen LogP contribution in [0.15, 0.2) is 52.4 Å². The lowest BCUT2D eigenvalue weighted by atomic mass is 9.87. The maximum Gasteiger partial charge on any atom is 0.222 e. The van der Waals surface area contributed by atoms with Gasteiger partial charge in [0, 0.05) is 15.9 Å². The first kappa shape index (κ1) is 20.6. The van der Waals surface area contributed by atoms with Crippen molar-refractivity contribution < 1.29 is 4.57 Å². The molecule has 5 rings (SSSR count). The minimum Gasteiger partial charge on any atom is -0.200 e. The third-order valence-corrected chi connectivity index (χ3v) is 7.93. The second-order valence-corrected chi connectivity index (χ2v) is 11.0. The van der Waals surface area contributed by atoms with Crippen LogP contribution in [0.4, 0.5) is 0 Å². The molecule has 0 aliphatic carbocycles. The highest BCUT2D eigenvalue weighted by Crippen LogP contribution is 2.52. The van der Waals surface area contributed by atoms with E-state index in [2.05, 4.69) is 95.8 Å². The van der Waals surface area contributed by atoms with Gasteiger partial charge in [-0.05, 0) is 71.0 Å².